The van der Waals surface area contributed by atoms with E-state index >= 15 is 0 Å². The van der Waals surface area contributed by atoms with Crippen molar-refractivity contribution < 1.29 is 14.6 Å². The summed E-state index contributed by atoms with van der Waals surface area (Å²) in [5.74, 6) is -0.345. The highest BCUT2D eigenvalue weighted by Gasteiger charge is 2.27. The lowest BCUT2D eigenvalue weighted by Crippen LogP contribution is -2.27. The van der Waals surface area contributed by atoms with Crippen molar-refractivity contribution in [2.75, 3.05) is 5.32 Å². The van der Waals surface area contributed by atoms with Crippen molar-refractivity contribution in [3.8, 4) is 0 Å². The second-order valence-corrected chi connectivity index (χ2v) is 4.47. The van der Waals surface area contributed by atoms with Gasteiger partial charge in [-0.25, -0.2) is 0 Å². The second kappa shape index (κ2) is 5.13. The van der Waals surface area contributed by atoms with Gasteiger partial charge in [0.15, 0.2) is 0 Å². The lowest BCUT2D eigenvalue weighted by Gasteiger charge is -2.08. The van der Waals surface area contributed by atoms with Crippen LogP contribution < -0.4 is 5.32 Å². The van der Waals surface area contributed by atoms with Crippen LogP contribution in [0.15, 0.2) is 29.4 Å². The number of hydrogen-bond donors (Lipinski definition) is 1. The summed E-state index contributed by atoms with van der Waals surface area (Å²) in [4.78, 5) is 26.6. The molecule has 0 bridgehead atoms. The number of nitrogens with zero attached hydrogens (tertiary/aromatic N) is 2. The summed E-state index contributed by atoms with van der Waals surface area (Å²) in [7, 11) is 0. The minimum Gasteiger partial charge on any atom is -0.381 e. The van der Waals surface area contributed by atoms with Crippen LogP contribution in [0.5, 0.6) is 0 Å². The van der Waals surface area contributed by atoms with Crippen molar-refractivity contribution in [1.29, 1.82) is 0 Å². The lowest BCUT2D eigenvalue weighted by molar-refractivity contribution is -0.384. The molecule has 0 radical (unpaired) electrons. The highest BCUT2D eigenvalue weighted by Crippen LogP contribution is 2.18. The standard InChI is InChI=1S/C10H8BrN3O4/c11-9-5-8(18-13-9)10(15)12-6-1-3-7(4-2-6)14(16)17/h1-4,8H,5H2,(H,12,15). The van der Waals surface area contributed by atoms with Crippen molar-refractivity contribution in [2.45, 2.75) is 12.5 Å². The van der Waals surface area contributed by atoms with Gasteiger partial charge in [0, 0.05) is 24.2 Å². The van der Waals surface area contributed by atoms with Gasteiger partial charge >= 0.3 is 0 Å². The van der Waals surface area contributed by atoms with Crippen molar-refractivity contribution in [3.05, 3.63) is 34.4 Å². The molecule has 1 atom stereocenters. The molecule has 0 saturated heterocycles. The van der Waals surface area contributed by atoms with Crippen molar-refractivity contribution in [3.63, 3.8) is 0 Å². The Morgan fingerprint density at radius 3 is 2.67 bits per heavy atom. The molecule has 94 valence electrons. The molecule has 1 amide bonds. The summed E-state index contributed by atoms with van der Waals surface area (Å²) in [6.45, 7) is 0. The first-order chi connectivity index (χ1) is 8.56. The van der Waals surface area contributed by atoms with E-state index < -0.39 is 11.0 Å². The predicted molar refractivity (Wildman–Crippen MR) is 67.6 cm³/mol. The normalized spacial score (nSPS) is 17.8. The van der Waals surface area contributed by atoms with E-state index in [0.29, 0.717) is 16.7 Å². The number of nitro groups is 1. The molecule has 0 fully saturated rings. The number of benzene rings is 1. The Hall–Kier alpha value is -1.96. The van der Waals surface area contributed by atoms with Crippen molar-refractivity contribution >= 4 is 37.8 Å². The Bertz CT molecular complexity index is 514. The van der Waals surface area contributed by atoms with Gasteiger partial charge < -0.3 is 10.2 Å². The first-order valence-electron chi connectivity index (χ1n) is 5.00. The number of anilines is 1. The maximum Gasteiger partial charge on any atom is 0.269 e. The van der Waals surface area contributed by atoms with Crippen molar-refractivity contribution in [2.24, 2.45) is 5.16 Å². The number of carbonyl (C=O) groups is 1. The average molecular weight is 314 g/mol. The first kappa shape index (κ1) is 12.5. The zero-order chi connectivity index (χ0) is 13.1. The Morgan fingerprint density at radius 1 is 1.50 bits per heavy atom. The van der Waals surface area contributed by atoms with Gasteiger partial charge in [0.05, 0.1) is 4.92 Å². The number of carbonyl (C=O) groups excluding carboxylic acids is 1. The number of halogens is 1. The first-order valence-corrected chi connectivity index (χ1v) is 5.79. The zero-order valence-corrected chi connectivity index (χ0v) is 10.6. The molecule has 1 aromatic rings. The quantitative estimate of drug-likeness (QED) is 0.682. The Balaban J connectivity index is 1.97. The van der Waals surface area contributed by atoms with E-state index in [0.717, 1.165) is 0 Å². The molecule has 0 saturated carbocycles. The molecule has 7 nitrogen and oxygen atoms in total. The van der Waals surface area contributed by atoms with E-state index in [4.69, 9.17) is 4.84 Å². The minimum atomic E-state index is -0.672. The third-order valence-corrected chi connectivity index (χ3v) is 2.74. The van der Waals surface area contributed by atoms with Crippen LogP contribution in [0.4, 0.5) is 11.4 Å². The maximum absolute atomic E-state index is 11.7. The fourth-order valence-electron chi connectivity index (χ4n) is 1.38. The van der Waals surface area contributed by atoms with Crippen LogP contribution >= 0.6 is 15.9 Å². The van der Waals surface area contributed by atoms with Crippen LogP contribution in [0.2, 0.25) is 0 Å². The molecule has 0 aliphatic carbocycles. The number of nitrogens with one attached hydrogen (secondary N) is 1. The molecule has 1 aliphatic heterocycles. The largest absolute Gasteiger partial charge is 0.381 e. The van der Waals surface area contributed by atoms with Gasteiger partial charge in [-0.3, -0.25) is 14.9 Å². The fourth-order valence-corrected chi connectivity index (χ4v) is 1.76. The molecule has 0 spiro atoms. The summed E-state index contributed by atoms with van der Waals surface area (Å²) in [6, 6.07) is 5.55. The Morgan fingerprint density at radius 2 is 2.17 bits per heavy atom. The molecular formula is C10H8BrN3O4. The molecule has 8 heteroatoms. The molecular weight excluding hydrogens is 306 g/mol. The van der Waals surface area contributed by atoms with E-state index in [1.54, 1.807) is 0 Å². The second-order valence-electron chi connectivity index (χ2n) is 3.56. The van der Waals surface area contributed by atoms with E-state index in [1.807, 2.05) is 0 Å². The van der Waals surface area contributed by atoms with Crippen LogP contribution in [0.1, 0.15) is 6.42 Å². The lowest BCUT2D eigenvalue weighted by atomic mass is 10.2. The van der Waals surface area contributed by atoms with Crippen LogP contribution in [-0.4, -0.2) is 21.6 Å². The van der Waals surface area contributed by atoms with Gasteiger partial charge in [-0.2, -0.15) is 0 Å². The number of rotatable bonds is 3. The molecule has 1 N–H and O–H groups in total. The van der Waals surface area contributed by atoms with Crippen molar-refractivity contribution in [1.82, 2.24) is 0 Å². The molecule has 1 unspecified atom stereocenters. The molecule has 1 heterocycles. The summed E-state index contributed by atoms with van der Waals surface area (Å²) < 4.78 is 0.575. The molecule has 1 aromatic carbocycles. The van der Waals surface area contributed by atoms with E-state index in [-0.39, 0.29) is 11.6 Å². The topological polar surface area (TPSA) is 93.8 Å². The predicted octanol–water partition coefficient (Wildman–Crippen LogP) is 2.03. The number of amides is 1. The van der Waals surface area contributed by atoms with Gasteiger partial charge in [-0.15, -0.1) is 0 Å². The van der Waals surface area contributed by atoms with Gasteiger partial charge in [0.25, 0.3) is 11.6 Å². The fraction of sp³-hybridized carbons (Fsp3) is 0.200. The van der Waals surface area contributed by atoms with Gasteiger partial charge in [0.2, 0.25) is 6.10 Å². The van der Waals surface area contributed by atoms with E-state index in [9.17, 15) is 14.9 Å². The minimum absolute atomic E-state index is 0.0313. The third kappa shape index (κ3) is 2.83. The summed E-state index contributed by atoms with van der Waals surface area (Å²) >= 11 is 3.13. The molecule has 2 rings (SSSR count). The monoisotopic (exact) mass is 313 g/mol. The van der Waals surface area contributed by atoms with Crippen LogP contribution in [0, 0.1) is 10.1 Å². The third-order valence-electron chi connectivity index (χ3n) is 2.27. The Labute approximate surface area is 110 Å². The zero-order valence-electron chi connectivity index (χ0n) is 9.00. The smallest absolute Gasteiger partial charge is 0.269 e. The molecule has 1 aliphatic rings. The SMILES string of the molecule is O=C(Nc1ccc([N+](=O)[O-])cc1)C1CC(Br)=NO1. The summed E-state index contributed by atoms with van der Waals surface area (Å²) in [5.41, 5.74) is 0.438. The van der Waals surface area contributed by atoms with Crippen LogP contribution in [0.25, 0.3) is 0 Å². The number of nitro benzene ring substituents is 1. The number of non-ortho nitro benzene ring substituents is 1. The van der Waals surface area contributed by atoms with Gasteiger partial charge in [-0.1, -0.05) is 5.16 Å². The van der Waals surface area contributed by atoms with Crippen LogP contribution in [0.3, 0.4) is 0 Å². The number of oxime groups is 1. The highest BCUT2D eigenvalue weighted by atomic mass is 79.9. The maximum atomic E-state index is 11.7. The van der Waals surface area contributed by atoms with Gasteiger partial charge in [0.1, 0.15) is 4.62 Å². The van der Waals surface area contributed by atoms with Gasteiger partial charge in [-0.05, 0) is 28.1 Å². The van der Waals surface area contributed by atoms with Crippen LogP contribution in [-0.2, 0) is 9.63 Å². The number of hydrogen-bond acceptors (Lipinski definition) is 5. The van der Waals surface area contributed by atoms with E-state index in [2.05, 4.69) is 26.4 Å². The average Bonchev–Trinajstić information content (AvgIpc) is 2.76. The molecule has 0 aromatic heterocycles. The summed E-state index contributed by atoms with van der Waals surface area (Å²) in [5, 5.41) is 16.6. The highest BCUT2D eigenvalue weighted by molar-refractivity contribution is 9.18. The Kier molecular flexibility index (Phi) is 3.56. The van der Waals surface area contributed by atoms with E-state index in [1.165, 1.54) is 24.3 Å². The molecule has 18 heavy (non-hydrogen) atoms. The summed E-state index contributed by atoms with van der Waals surface area (Å²) in [6.07, 6.45) is -0.298.